The van der Waals surface area contributed by atoms with Crippen LogP contribution in [0.3, 0.4) is 0 Å². The summed E-state index contributed by atoms with van der Waals surface area (Å²) in [4.78, 5) is 11.6. The Morgan fingerprint density at radius 3 is 2.86 bits per heavy atom. The molecule has 2 aromatic rings. The lowest BCUT2D eigenvalue weighted by molar-refractivity contribution is 0.317. The summed E-state index contributed by atoms with van der Waals surface area (Å²) in [5.74, 6) is 0. The van der Waals surface area contributed by atoms with E-state index in [-0.39, 0.29) is 0 Å². The van der Waals surface area contributed by atoms with Crippen LogP contribution in [0.4, 0.5) is 0 Å². The molecule has 0 radical (unpaired) electrons. The first-order valence-corrected chi connectivity index (χ1v) is 4.67. The van der Waals surface area contributed by atoms with Gasteiger partial charge in [0.15, 0.2) is 5.65 Å². The molecule has 0 atom stereocenters. The predicted molar refractivity (Wildman–Crippen MR) is 54.5 cm³/mol. The molecule has 0 saturated heterocycles. The van der Waals surface area contributed by atoms with Crippen molar-refractivity contribution in [2.45, 2.75) is 20.8 Å². The Labute approximate surface area is 82.3 Å². The maximum absolute atomic E-state index is 5.28. The number of hydrogen-bond acceptors (Lipinski definition) is 3. The number of nitrogens with zero attached hydrogens (tertiary/aromatic N) is 2. The SMILES string of the molecule is CCOc1nc2nc(C)cc(C)c2[nH]1. The number of ether oxygens (including phenoxy) is 1. The first kappa shape index (κ1) is 8.99. The number of aromatic amines is 1. The minimum absolute atomic E-state index is 0.545. The molecule has 1 N–H and O–H groups in total. The quantitative estimate of drug-likeness (QED) is 0.789. The van der Waals surface area contributed by atoms with Crippen molar-refractivity contribution < 1.29 is 4.74 Å². The van der Waals surface area contributed by atoms with E-state index in [2.05, 4.69) is 15.0 Å². The molecule has 0 fully saturated rings. The van der Waals surface area contributed by atoms with Gasteiger partial charge in [-0.25, -0.2) is 4.98 Å². The van der Waals surface area contributed by atoms with Gasteiger partial charge in [0, 0.05) is 5.69 Å². The first-order chi connectivity index (χ1) is 6.70. The minimum Gasteiger partial charge on any atom is -0.465 e. The van der Waals surface area contributed by atoms with E-state index in [1.807, 2.05) is 26.8 Å². The monoisotopic (exact) mass is 191 g/mol. The molecule has 2 aromatic heterocycles. The second-order valence-corrected chi connectivity index (χ2v) is 3.25. The molecule has 74 valence electrons. The smallest absolute Gasteiger partial charge is 0.296 e. The third kappa shape index (κ3) is 1.43. The van der Waals surface area contributed by atoms with E-state index in [0.717, 1.165) is 22.4 Å². The van der Waals surface area contributed by atoms with Gasteiger partial charge >= 0.3 is 0 Å². The van der Waals surface area contributed by atoms with Crippen molar-refractivity contribution in [2.75, 3.05) is 6.61 Å². The van der Waals surface area contributed by atoms with Crippen LogP contribution in [0.1, 0.15) is 18.2 Å². The zero-order valence-electron chi connectivity index (χ0n) is 8.59. The summed E-state index contributed by atoms with van der Waals surface area (Å²) in [6, 6.07) is 2.57. The zero-order valence-corrected chi connectivity index (χ0v) is 8.59. The second kappa shape index (κ2) is 3.29. The summed E-state index contributed by atoms with van der Waals surface area (Å²) in [6.07, 6.45) is 0. The van der Waals surface area contributed by atoms with Crippen LogP contribution in [0.5, 0.6) is 6.01 Å². The molecule has 14 heavy (non-hydrogen) atoms. The third-order valence-corrected chi connectivity index (χ3v) is 2.05. The van der Waals surface area contributed by atoms with Gasteiger partial charge in [0.25, 0.3) is 6.01 Å². The van der Waals surface area contributed by atoms with Gasteiger partial charge in [-0.15, -0.1) is 0 Å². The highest BCUT2D eigenvalue weighted by molar-refractivity contribution is 5.75. The normalized spacial score (nSPS) is 10.8. The Balaban J connectivity index is 2.58. The molecular formula is C10H13N3O. The van der Waals surface area contributed by atoms with Gasteiger partial charge in [-0.3, -0.25) is 0 Å². The van der Waals surface area contributed by atoms with E-state index >= 15 is 0 Å². The third-order valence-electron chi connectivity index (χ3n) is 2.05. The summed E-state index contributed by atoms with van der Waals surface area (Å²) < 4.78 is 5.28. The van der Waals surface area contributed by atoms with Crippen molar-refractivity contribution in [2.24, 2.45) is 0 Å². The van der Waals surface area contributed by atoms with Crippen molar-refractivity contribution in [3.63, 3.8) is 0 Å². The molecule has 4 nitrogen and oxygen atoms in total. The number of hydrogen-bond donors (Lipinski definition) is 1. The van der Waals surface area contributed by atoms with Gasteiger partial charge < -0.3 is 9.72 Å². The van der Waals surface area contributed by atoms with E-state index in [0.29, 0.717) is 12.6 Å². The number of H-pyrrole nitrogens is 1. The predicted octanol–water partition coefficient (Wildman–Crippen LogP) is 1.97. The van der Waals surface area contributed by atoms with Crippen LogP contribution in [0, 0.1) is 13.8 Å². The number of pyridine rings is 1. The van der Waals surface area contributed by atoms with Gasteiger partial charge in [-0.1, -0.05) is 0 Å². The van der Waals surface area contributed by atoms with Crippen molar-refractivity contribution in [3.05, 3.63) is 17.3 Å². The number of nitrogens with one attached hydrogen (secondary N) is 1. The van der Waals surface area contributed by atoms with Gasteiger partial charge in [0.05, 0.1) is 12.1 Å². The molecule has 0 spiro atoms. The van der Waals surface area contributed by atoms with Crippen LogP contribution in [-0.4, -0.2) is 21.6 Å². The maximum Gasteiger partial charge on any atom is 0.296 e. The standard InChI is InChI=1S/C10H13N3O/c1-4-14-10-12-8-6(2)5-7(3)11-9(8)13-10/h5H,4H2,1-3H3,(H,11,12,13). The number of aromatic nitrogens is 3. The van der Waals surface area contributed by atoms with Crippen molar-refractivity contribution in [1.82, 2.24) is 15.0 Å². The summed E-state index contributed by atoms with van der Waals surface area (Å²) in [5.41, 5.74) is 3.81. The topological polar surface area (TPSA) is 50.8 Å². The van der Waals surface area contributed by atoms with E-state index in [4.69, 9.17) is 4.74 Å². The molecule has 0 saturated carbocycles. The number of imidazole rings is 1. The highest BCUT2D eigenvalue weighted by Crippen LogP contribution is 2.18. The highest BCUT2D eigenvalue weighted by atomic mass is 16.5. The average Bonchev–Trinajstić information content (AvgIpc) is 2.48. The minimum atomic E-state index is 0.545. The van der Waals surface area contributed by atoms with Crippen LogP contribution < -0.4 is 4.74 Å². The molecule has 2 heterocycles. The van der Waals surface area contributed by atoms with Crippen LogP contribution >= 0.6 is 0 Å². The summed E-state index contributed by atoms with van der Waals surface area (Å²) in [6.45, 7) is 6.53. The number of rotatable bonds is 2. The summed E-state index contributed by atoms with van der Waals surface area (Å²) >= 11 is 0. The largest absolute Gasteiger partial charge is 0.465 e. The van der Waals surface area contributed by atoms with Crippen molar-refractivity contribution >= 4 is 11.2 Å². The van der Waals surface area contributed by atoms with Crippen molar-refractivity contribution in [3.8, 4) is 6.01 Å². The Bertz CT molecular complexity index is 462. The fourth-order valence-electron chi connectivity index (χ4n) is 1.49. The summed E-state index contributed by atoms with van der Waals surface area (Å²) in [5, 5.41) is 0. The second-order valence-electron chi connectivity index (χ2n) is 3.25. The summed E-state index contributed by atoms with van der Waals surface area (Å²) in [7, 11) is 0. The molecule has 2 rings (SSSR count). The lowest BCUT2D eigenvalue weighted by Crippen LogP contribution is -1.92. The Morgan fingerprint density at radius 2 is 2.14 bits per heavy atom. The van der Waals surface area contributed by atoms with Crippen LogP contribution in [0.25, 0.3) is 11.2 Å². The molecule has 0 aliphatic heterocycles. The van der Waals surface area contributed by atoms with E-state index in [9.17, 15) is 0 Å². The Kier molecular flexibility index (Phi) is 2.11. The van der Waals surface area contributed by atoms with Gasteiger partial charge in [0.2, 0.25) is 0 Å². The fraction of sp³-hybridized carbons (Fsp3) is 0.400. The molecule has 0 unspecified atom stereocenters. The molecule has 0 aromatic carbocycles. The zero-order chi connectivity index (χ0) is 10.1. The highest BCUT2D eigenvalue weighted by Gasteiger charge is 2.07. The van der Waals surface area contributed by atoms with E-state index in [1.165, 1.54) is 0 Å². The molecule has 0 aliphatic carbocycles. The lowest BCUT2D eigenvalue weighted by Gasteiger charge is -1.95. The molecule has 4 heteroatoms. The van der Waals surface area contributed by atoms with Gasteiger partial charge in [-0.05, 0) is 32.4 Å². The Hall–Kier alpha value is -1.58. The average molecular weight is 191 g/mol. The number of aryl methyl sites for hydroxylation is 2. The molecular weight excluding hydrogens is 178 g/mol. The molecule has 0 amide bonds. The van der Waals surface area contributed by atoms with E-state index < -0.39 is 0 Å². The lowest BCUT2D eigenvalue weighted by atomic mass is 10.2. The van der Waals surface area contributed by atoms with E-state index in [1.54, 1.807) is 0 Å². The van der Waals surface area contributed by atoms with Crippen LogP contribution in [0.15, 0.2) is 6.07 Å². The first-order valence-electron chi connectivity index (χ1n) is 4.67. The van der Waals surface area contributed by atoms with Gasteiger partial charge in [-0.2, -0.15) is 4.98 Å². The van der Waals surface area contributed by atoms with Gasteiger partial charge in [0.1, 0.15) is 0 Å². The fourth-order valence-corrected chi connectivity index (χ4v) is 1.49. The van der Waals surface area contributed by atoms with Crippen molar-refractivity contribution in [1.29, 1.82) is 0 Å². The Morgan fingerprint density at radius 1 is 1.36 bits per heavy atom. The molecule has 0 aliphatic rings. The van der Waals surface area contributed by atoms with Crippen LogP contribution in [0.2, 0.25) is 0 Å². The molecule has 0 bridgehead atoms. The number of fused-ring (bicyclic) bond motifs is 1. The van der Waals surface area contributed by atoms with Crippen LogP contribution in [-0.2, 0) is 0 Å². The maximum atomic E-state index is 5.28.